The van der Waals surface area contributed by atoms with E-state index >= 15 is 0 Å². The number of benzene rings is 1. The largest absolute Gasteiger partial charge is 0.378 e. The fraction of sp³-hybridized carbons (Fsp3) is 0.409. The Morgan fingerprint density at radius 3 is 2.48 bits per heavy atom. The second-order valence-corrected chi connectivity index (χ2v) is 8.05. The number of aromatic nitrogens is 3. The first kappa shape index (κ1) is 17.7. The molecule has 1 aromatic carbocycles. The van der Waals surface area contributed by atoms with Gasteiger partial charge in [0.05, 0.1) is 17.5 Å². The third-order valence-corrected chi connectivity index (χ3v) is 5.81. The van der Waals surface area contributed by atoms with E-state index in [1.807, 2.05) is 26.2 Å². The Morgan fingerprint density at radius 1 is 1.11 bits per heavy atom. The third kappa shape index (κ3) is 3.22. The summed E-state index contributed by atoms with van der Waals surface area (Å²) < 4.78 is 0. The zero-order chi connectivity index (χ0) is 19.0. The second kappa shape index (κ2) is 6.80. The number of carbonyl (C=O) groups is 1. The summed E-state index contributed by atoms with van der Waals surface area (Å²) in [5.74, 6) is 0.197. The quantitative estimate of drug-likeness (QED) is 0.674. The van der Waals surface area contributed by atoms with Crippen LogP contribution < -0.4 is 4.90 Å². The van der Waals surface area contributed by atoms with Gasteiger partial charge in [-0.15, -0.1) is 0 Å². The predicted octanol–water partition coefficient (Wildman–Crippen LogP) is 4.84. The minimum Gasteiger partial charge on any atom is -0.378 e. The van der Waals surface area contributed by atoms with E-state index in [9.17, 15) is 4.79 Å². The van der Waals surface area contributed by atoms with Crippen LogP contribution in [-0.4, -0.2) is 34.8 Å². The maximum Gasteiger partial charge on any atom is 0.172 e. The molecule has 27 heavy (non-hydrogen) atoms. The van der Waals surface area contributed by atoms with Crippen molar-refractivity contribution in [2.45, 2.75) is 39.0 Å². The number of fused-ring (bicyclic) bond motifs is 1. The molecule has 0 unspecified atom stereocenters. The fourth-order valence-electron chi connectivity index (χ4n) is 4.02. The normalized spacial score (nSPS) is 16.4. The molecule has 0 atom stereocenters. The van der Waals surface area contributed by atoms with Crippen LogP contribution >= 0.6 is 0 Å². The van der Waals surface area contributed by atoms with E-state index in [2.05, 4.69) is 33.9 Å². The molecule has 4 rings (SSSR count). The highest BCUT2D eigenvalue weighted by Gasteiger charge is 2.36. The highest BCUT2D eigenvalue weighted by atomic mass is 16.1. The van der Waals surface area contributed by atoms with Gasteiger partial charge in [0.2, 0.25) is 0 Å². The number of Topliss-reactive ketones (excluding diaryl/α,β-unsaturated/α-hetero) is 1. The van der Waals surface area contributed by atoms with Crippen LogP contribution in [0.3, 0.4) is 0 Å². The second-order valence-electron chi connectivity index (χ2n) is 8.05. The van der Waals surface area contributed by atoms with Gasteiger partial charge in [-0.05, 0) is 25.0 Å². The van der Waals surface area contributed by atoms with E-state index in [0.29, 0.717) is 16.7 Å². The Kier molecular flexibility index (Phi) is 4.46. The van der Waals surface area contributed by atoms with Gasteiger partial charge < -0.3 is 9.88 Å². The first-order chi connectivity index (χ1) is 13.0. The first-order valence-electron chi connectivity index (χ1n) is 9.65. The lowest BCUT2D eigenvalue weighted by molar-refractivity contribution is 0.0751. The number of hydrogen-bond donors (Lipinski definition) is 1. The Bertz CT molecular complexity index is 966. The van der Waals surface area contributed by atoms with Gasteiger partial charge in [0.25, 0.3) is 0 Å². The SMILES string of the molecule is CN(C)c1ccc(-c2cnc3[nH]cc(C(=O)C4(C)CCCCC4)c3n2)cc1. The van der Waals surface area contributed by atoms with E-state index < -0.39 is 0 Å². The van der Waals surface area contributed by atoms with Crippen molar-refractivity contribution in [1.29, 1.82) is 0 Å². The van der Waals surface area contributed by atoms with E-state index in [4.69, 9.17) is 4.98 Å². The number of rotatable bonds is 4. The molecule has 0 radical (unpaired) electrons. The molecule has 2 aromatic heterocycles. The Morgan fingerprint density at radius 2 is 1.81 bits per heavy atom. The van der Waals surface area contributed by atoms with E-state index in [0.717, 1.165) is 42.6 Å². The van der Waals surface area contributed by atoms with Crippen molar-refractivity contribution in [3.05, 3.63) is 42.2 Å². The van der Waals surface area contributed by atoms with Crippen molar-refractivity contribution in [1.82, 2.24) is 15.0 Å². The molecule has 5 nitrogen and oxygen atoms in total. The molecule has 0 spiro atoms. The molecule has 1 fully saturated rings. The van der Waals surface area contributed by atoms with Crippen molar-refractivity contribution in [3.8, 4) is 11.3 Å². The average molecular weight is 362 g/mol. The molecule has 3 aromatic rings. The summed E-state index contributed by atoms with van der Waals surface area (Å²) in [6, 6.07) is 8.21. The van der Waals surface area contributed by atoms with Crippen LogP contribution in [0.2, 0.25) is 0 Å². The fourth-order valence-corrected chi connectivity index (χ4v) is 4.02. The number of anilines is 1. The van der Waals surface area contributed by atoms with Crippen LogP contribution in [0.15, 0.2) is 36.7 Å². The number of ketones is 1. The van der Waals surface area contributed by atoms with Crippen LogP contribution in [0.1, 0.15) is 49.4 Å². The van der Waals surface area contributed by atoms with Gasteiger partial charge in [-0.1, -0.05) is 38.3 Å². The zero-order valence-corrected chi connectivity index (χ0v) is 16.2. The number of carbonyl (C=O) groups excluding carboxylic acids is 1. The molecule has 1 aliphatic rings. The molecule has 1 saturated carbocycles. The number of hydrogen-bond acceptors (Lipinski definition) is 4. The molecular formula is C22H26N4O. The topological polar surface area (TPSA) is 61.9 Å². The van der Waals surface area contributed by atoms with Crippen LogP contribution in [0.25, 0.3) is 22.4 Å². The standard InChI is InChI=1S/C22H26N4O/c1-22(11-5-4-6-12-22)20(27)17-13-23-21-19(17)25-18(14-24-21)15-7-9-16(10-8-15)26(2)3/h7-10,13-14H,4-6,11-12H2,1-3H3,(H,23,24). The smallest absolute Gasteiger partial charge is 0.172 e. The summed E-state index contributed by atoms with van der Waals surface area (Å²) >= 11 is 0. The van der Waals surface area contributed by atoms with Crippen molar-refractivity contribution in [3.63, 3.8) is 0 Å². The maximum absolute atomic E-state index is 13.3. The van der Waals surface area contributed by atoms with E-state index in [-0.39, 0.29) is 11.2 Å². The van der Waals surface area contributed by atoms with Gasteiger partial charge in [-0.25, -0.2) is 9.97 Å². The number of nitrogens with zero attached hydrogens (tertiary/aromatic N) is 3. The van der Waals surface area contributed by atoms with Crippen LogP contribution in [0.5, 0.6) is 0 Å². The van der Waals surface area contributed by atoms with Gasteiger partial charge in [0.1, 0.15) is 5.52 Å². The zero-order valence-electron chi connectivity index (χ0n) is 16.2. The van der Waals surface area contributed by atoms with Gasteiger partial charge in [-0.2, -0.15) is 0 Å². The minimum atomic E-state index is -0.279. The molecule has 5 heteroatoms. The minimum absolute atomic E-state index is 0.197. The molecule has 0 aliphatic heterocycles. The van der Waals surface area contributed by atoms with Crippen molar-refractivity contribution < 1.29 is 4.79 Å². The number of H-pyrrole nitrogens is 1. The van der Waals surface area contributed by atoms with Crippen LogP contribution in [0.4, 0.5) is 5.69 Å². The lowest BCUT2D eigenvalue weighted by atomic mass is 9.71. The first-order valence-corrected chi connectivity index (χ1v) is 9.65. The Hall–Kier alpha value is -2.69. The van der Waals surface area contributed by atoms with Crippen LogP contribution in [0, 0.1) is 5.41 Å². The summed E-state index contributed by atoms with van der Waals surface area (Å²) in [4.78, 5) is 27.8. The number of aromatic amines is 1. The Balaban J connectivity index is 1.72. The van der Waals surface area contributed by atoms with E-state index in [1.54, 1.807) is 12.4 Å². The van der Waals surface area contributed by atoms with Crippen molar-refractivity contribution in [2.75, 3.05) is 19.0 Å². The van der Waals surface area contributed by atoms with Gasteiger partial charge in [0.15, 0.2) is 11.4 Å². The molecule has 2 heterocycles. The molecular weight excluding hydrogens is 336 g/mol. The monoisotopic (exact) mass is 362 g/mol. The highest BCUT2D eigenvalue weighted by molar-refractivity contribution is 6.08. The van der Waals surface area contributed by atoms with Crippen molar-refractivity contribution in [2.24, 2.45) is 5.41 Å². The highest BCUT2D eigenvalue weighted by Crippen LogP contribution is 2.39. The molecule has 1 aliphatic carbocycles. The lowest BCUT2D eigenvalue weighted by Gasteiger charge is -2.31. The predicted molar refractivity (Wildman–Crippen MR) is 109 cm³/mol. The summed E-state index contributed by atoms with van der Waals surface area (Å²) in [7, 11) is 4.04. The van der Waals surface area contributed by atoms with Gasteiger partial charge in [-0.3, -0.25) is 4.79 Å². The Labute approximate surface area is 159 Å². The average Bonchev–Trinajstić information content (AvgIpc) is 3.11. The van der Waals surface area contributed by atoms with E-state index in [1.165, 1.54) is 6.42 Å². The van der Waals surface area contributed by atoms with Crippen LogP contribution in [-0.2, 0) is 0 Å². The summed E-state index contributed by atoms with van der Waals surface area (Å²) in [6.45, 7) is 2.10. The molecule has 1 N–H and O–H groups in total. The molecule has 0 saturated heterocycles. The summed E-state index contributed by atoms with van der Waals surface area (Å²) in [5, 5.41) is 0. The summed E-state index contributed by atoms with van der Waals surface area (Å²) in [5.41, 5.74) is 4.67. The summed E-state index contributed by atoms with van der Waals surface area (Å²) in [6.07, 6.45) is 8.93. The molecule has 0 bridgehead atoms. The molecule has 140 valence electrons. The van der Waals surface area contributed by atoms with Gasteiger partial charge in [0, 0.05) is 37.0 Å². The van der Waals surface area contributed by atoms with Gasteiger partial charge >= 0.3 is 0 Å². The maximum atomic E-state index is 13.3. The number of nitrogens with one attached hydrogen (secondary N) is 1. The molecule has 0 amide bonds. The lowest BCUT2D eigenvalue weighted by Crippen LogP contribution is -2.30. The third-order valence-electron chi connectivity index (χ3n) is 5.81. The van der Waals surface area contributed by atoms with Crippen molar-refractivity contribution >= 4 is 22.6 Å².